The lowest BCUT2D eigenvalue weighted by Crippen LogP contribution is -2.12. The average Bonchev–Trinajstić information content (AvgIpc) is 2.83. The van der Waals surface area contributed by atoms with E-state index in [4.69, 9.17) is 5.73 Å². The van der Waals surface area contributed by atoms with Gasteiger partial charge in [0.15, 0.2) is 0 Å². The first-order valence-electron chi connectivity index (χ1n) is 6.54. The van der Waals surface area contributed by atoms with Gasteiger partial charge in [0.05, 0.1) is 24.3 Å². The fourth-order valence-corrected chi connectivity index (χ4v) is 2.65. The second kappa shape index (κ2) is 4.90. The van der Waals surface area contributed by atoms with Gasteiger partial charge in [-0.25, -0.2) is 4.98 Å². The SMILES string of the molecule is NCc1ncccc1Cn1cnc2c1CCCC2. The van der Waals surface area contributed by atoms with E-state index in [0.29, 0.717) is 6.54 Å². The molecule has 1 aliphatic carbocycles. The molecule has 0 aromatic carbocycles. The first kappa shape index (κ1) is 11.4. The van der Waals surface area contributed by atoms with Gasteiger partial charge in [-0.2, -0.15) is 0 Å². The molecule has 0 unspecified atom stereocenters. The minimum absolute atomic E-state index is 0.493. The Hall–Kier alpha value is -1.68. The molecule has 2 aromatic rings. The van der Waals surface area contributed by atoms with Gasteiger partial charge in [-0.3, -0.25) is 4.98 Å². The summed E-state index contributed by atoms with van der Waals surface area (Å²) in [4.78, 5) is 8.85. The molecule has 94 valence electrons. The predicted molar refractivity (Wildman–Crippen MR) is 70.1 cm³/mol. The fraction of sp³-hybridized carbons (Fsp3) is 0.429. The van der Waals surface area contributed by atoms with Crippen molar-refractivity contribution in [2.24, 2.45) is 5.73 Å². The summed E-state index contributed by atoms with van der Waals surface area (Å²) >= 11 is 0. The number of pyridine rings is 1. The van der Waals surface area contributed by atoms with Crippen LogP contribution in [0.15, 0.2) is 24.7 Å². The Kier molecular flexibility index (Phi) is 3.11. The molecule has 0 radical (unpaired) electrons. The molecule has 0 spiro atoms. The number of hydrogen-bond acceptors (Lipinski definition) is 3. The maximum Gasteiger partial charge on any atom is 0.0954 e. The van der Waals surface area contributed by atoms with Crippen molar-refractivity contribution in [2.75, 3.05) is 0 Å². The second-order valence-electron chi connectivity index (χ2n) is 4.79. The van der Waals surface area contributed by atoms with Crippen molar-refractivity contribution >= 4 is 0 Å². The summed E-state index contributed by atoms with van der Waals surface area (Å²) in [5.74, 6) is 0. The van der Waals surface area contributed by atoms with Crippen LogP contribution in [0.5, 0.6) is 0 Å². The fourth-order valence-electron chi connectivity index (χ4n) is 2.65. The van der Waals surface area contributed by atoms with E-state index < -0.39 is 0 Å². The number of nitrogens with zero attached hydrogens (tertiary/aromatic N) is 3. The topological polar surface area (TPSA) is 56.7 Å². The monoisotopic (exact) mass is 242 g/mol. The summed E-state index contributed by atoms with van der Waals surface area (Å²) in [7, 11) is 0. The van der Waals surface area contributed by atoms with Crippen molar-refractivity contribution in [3.05, 3.63) is 47.3 Å². The summed E-state index contributed by atoms with van der Waals surface area (Å²) in [6, 6.07) is 4.07. The Morgan fingerprint density at radius 3 is 3.00 bits per heavy atom. The molecular formula is C14H18N4. The van der Waals surface area contributed by atoms with E-state index in [1.54, 1.807) is 6.20 Å². The van der Waals surface area contributed by atoms with Crippen LogP contribution in [0.3, 0.4) is 0 Å². The zero-order chi connectivity index (χ0) is 12.4. The van der Waals surface area contributed by atoms with Crippen LogP contribution >= 0.6 is 0 Å². The lowest BCUT2D eigenvalue weighted by atomic mass is 10.0. The molecule has 2 aromatic heterocycles. The molecule has 0 aliphatic heterocycles. The highest BCUT2D eigenvalue weighted by molar-refractivity contribution is 5.23. The van der Waals surface area contributed by atoms with Gasteiger partial charge < -0.3 is 10.3 Å². The Labute approximate surface area is 107 Å². The van der Waals surface area contributed by atoms with E-state index in [1.807, 2.05) is 12.4 Å². The van der Waals surface area contributed by atoms with Crippen molar-refractivity contribution in [3.8, 4) is 0 Å². The molecule has 18 heavy (non-hydrogen) atoms. The normalized spacial score (nSPS) is 14.5. The van der Waals surface area contributed by atoms with E-state index in [0.717, 1.165) is 25.1 Å². The molecular weight excluding hydrogens is 224 g/mol. The number of fused-ring (bicyclic) bond motifs is 1. The smallest absolute Gasteiger partial charge is 0.0954 e. The van der Waals surface area contributed by atoms with E-state index in [1.165, 1.54) is 29.8 Å². The summed E-state index contributed by atoms with van der Waals surface area (Å²) in [5, 5.41) is 0. The van der Waals surface area contributed by atoms with Crippen molar-refractivity contribution in [2.45, 2.75) is 38.8 Å². The van der Waals surface area contributed by atoms with Gasteiger partial charge in [0.1, 0.15) is 0 Å². The first-order valence-corrected chi connectivity index (χ1v) is 6.54. The van der Waals surface area contributed by atoms with E-state index in [2.05, 4.69) is 20.6 Å². The number of nitrogens with two attached hydrogens (primary N) is 1. The summed E-state index contributed by atoms with van der Waals surface area (Å²) in [6.07, 6.45) is 8.57. The van der Waals surface area contributed by atoms with Gasteiger partial charge in [-0.1, -0.05) is 6.07 Å². The Morgan fingerprint density at radius 2 is 2.11 bits per heavy atom. The number of rotatable bonds is 3. The third-order valence-electron chi connectivity index (χ3n) is 3.63. The van der Waals surface area contributed by atoms with Crippen molar-refractivity contribution in [3.63, 3.8) is 0 Å². The lowest BCUT2D eigenvalue weighted by Gasteiger charge is -2.15. The van der Waals surface area contributed by atoms with Gasteiger partial charge in [-0.05, 0) is 37.3 Å². The molecule has 0 bridgehead atoms. The zero-order valence-electron chi connectivity index (χ0n) is 10.5. The standard InChI is InChI=1S/C14H18N4/c15-8-13-11(4-3-7-16-13)9-18-10-17-12-5-1-2-6-14(12)18/h3-4,7,10H,1-2,5-6,8-9,15H2. The number of aryl methyl sites for hydroxylation is 1. The molecule has 3 rings (SSSR count). The first-order chi connectivity index (χ1) is 8.88. The van der Waals surface area contributed by atoms with Crippen molar-refractivity contribution in [1.29, 1.82) is 0 Å². The molecule has 0 amide bonds. The van der Waals surface area contributed by atoms with Crippen molar-refractivity contribution < 1.29 is 0 Å². The Morgan fingerprint density at radius 1 is 1.22 bits per heavy atom. The second-order valence-corrected chi connectivity index (χ2v) is 4.79. The van der Waals surface area contributed by atoms with Crippen LogP contribution < -0.4 is 5.73 Å². The van der Waals surface area contributed by atoms with E-state index >= 15 is 0 Å². The van der Waals surface area contributed by atoms with Gasteiger partial charge in [0.25, 0.3) is 0 Å². The summed E-state index contributed by atoms with van der Waals surface area (Å²) < 4.78 is 2.25. The van der Waals surface area contributed by atoms with Crippen LogP contribution in [0.25, 0.3) is 0 Å². The molecule has 0 saturated carbocycles. The van der Waals surface area contributed by atoms with Crippen LogP contribution in [-0.4, -0.2) is 14.5 Å². The molecule has 2 N–H and O–H groups in total. The minimum atomic E-state index is 0.493. The van der Waals surface area contributed by atoms with Crippen LogP contribution in [-0.2, 0) is 25.9 Å². The third kappa shape index (κ3) is 2.04. The molecule has 1 aliphatic rings. The maximum absolute atomic E-state index is 5.73. The Balaban J connectivity index is 1.90. The van der Waals surface area contributed by atoms with Crippen LogP contribution in [0.1, 0.15) is 35.5 Å². The number of imidazole rings is 1. The van der Waals surface area contributed by atoms with E-state index in [-0.39, 0.29) is 0 Å². The van der Waals surface area contributed by atoms with E-state index in [9.17, 15) is 0 Å². The van der Waals surface area contributed by atoms with Gasteiger partial charge in [0.2, 0.25) is 0 Å². The highest BCUT2D eigenvalue weighted by Crippen LogP contribution is 2.21. The predicted octanol–water partition coefficient (Wildman–Crippen LogP) is 1.66. The minimum Gasteiger partial charge on any atom is -0.330 e. The molecule has 0 saturated heterocycles. The number of aromatic nitrogens is 3. The molecule has 2 heterocycles. The van der Waals surface area contributed by atoms with Crippen molar-refractivity contribution in [1.82, 2.24) is 14.5 Å². The maximum atomic E-state index is 5.73. The zero-order valence-corrected chi connectivity index (χ0v) is 10.5. The average molecular weight is 242 g/mol. The third-order valence-corrected chi connectivity index (χ3v) is 3.63. The van der Waals surface area contributed by atoms with Crippen LogP contribution in [0, 0.1) is 0 Å². The molecule has 4 nitrogen and oxygen atoms in total. The van der Waals surface area contributed by atoms with Crippen LogP contribution in [0.4, 0.5) is 0 Å². The quantitative estimate of drug-likeness (QED) is 0.890. The molecule has 0 fully saturated rings. The highest BCUT2D eigenvalue weighted by Gasteiger charge is 2.15. The van der Waals surface area contributed by atoms with Gasteiger partial charge >= 0.3 is 0 Å². The molecule has 4 heteroatoms. The van der Waals surface area contributed by atoms with Gasteiger partial charge in [-0.15, -0.1) is 0 Å². The summed E-state index contributed by atoms with van der Waals surface area (Å²) in [6.45, 7) is 1.33. The Bertz CT molecular complexity index is 544. The van der Waals surface area contributed by atoms with Crippen LogP contribution in [0.2, 0.25) is 0 Å². The largest absolute Gasteiger partial charge is 0.330 e. The summed E-state index contributed by atoms with van der Waals surface area (Å²) in [5.41, 5.74) is 10.6. The lowest BCUT2D eigenvalue weighted by molar-refractivity contribution is 0.626. The number of hydrogen-bond donors (Lipinski definition) is 1. The highest BCUT2D eigenvalue weighted by atomic mass is 15.1. The van der Waals surface area contributed by atoms with Gasteiger partial charge in [0, 0.05) is 18.4 Å². The molecule has 0 atom stereocenters.